The average molecular weight is 520 g/mol. The molecule has 2 aromatic carbocycles. The molecule has 2 aliphatic heterocycles. The van der Waals surface area contributed by atoms with E-state index in [1.807, 2.05) is 60.7 Å². The molecular weight excluding hydrogens is 478 g/mol. The zero-order chi connectivity index (χ0) is 26.7. The molecule has 0 saturated carbocycles. The Morgan fingerprint density at radius 3 is 2.29 bits per heavy atom. The fraction of sp³-hybridized carbons (Fsp3) is 0.500. The van der Waals surface area contributed by atoms with Crippen LogP contribution in [-0.4, -0.2) is 66.9 Å². The van der Waals surface area contributed by atoms with Crippen LogP contribution in [0.5, 0.6) is 0 Å². The number of carbonyl (C=O) groups excluding carboxylic acids is 3. The monoisotopic (exact) mass is 519 g/mol. The highest BCUT2D eigenvalue weighted by atomic mass is 16.2. The van der Waals surface area contributed by atoms with Crippen molar-refractivity contribution >= 4 is 17.7 Å². The first kappa shape index (κ1) is 27.8. The van der Waals surface area contributed by atoms with Crippen LogP contribution in [0.1, 0.15) is 55.6 Å². The minimum absolute atomic E-state index is 0.0615. The molecule has 0 bridgehead atoms. The van der Waals surface area contributed by atoms with E-state index in [1.165, 1.54) is 0 Å². The van der Waals surface area contributed by atoms with Gasteiger partial charge in [0.15, 0.2) is 0 Å². The van der Waals surface area contributed by atoms with Gasteiger partial charge in [-0.3, -0.25) is 14.4 Å². The van der Waals surface area contributed by atoms with Crippen LogP contribution in [0.2, 0.25) is 0 Å². The summed E-state index contributed by atoms with van der Waals surface area (Å²) in [6, 6.07) is 18.1. The second-order valence-electron chi connectivity index (χ2n) is 10.3. The summed E-state index contributed by atoms with van der Waals surface area (Å²) in [5, 5.41) is 9.49. The molecule has 0 radical (unpaired) electrons. The van der Waals surface area contributed by atoms with Gasteiger partial charge in [-0.05, 0) is 69.2 Å². The maximum atomic E-state index is 14.1. The van der Waals surface area contributed by atoms with Crippen LogP contribution in [0.15, 0.2) is 60.7 Å². The van der Waals surface area contributed by atoms with Gasteiger partial charge in [-0.15, -0.1) is 0 Å². The number of nitrogens with two attached hydrogens (primary N) is 1. The number of amides is 3. The molecule has 204 valence electrons. The van der Waals surface area contributed by atoms with Gasteiger partial charge in [0.25, 0.3) is 0 Å². The van der Waals surface area contributed by atoms with E-state index in [0.717, 1.165) is 36.8 Å². The van der Waals surface area contributed by atoms with Crippen molar-refractivity contribution in [2.24, 2.45) is 5.73 Å². The lowest BCUT2D eigenvalue weighted by Crippen LogP contribution is -2.57. The summed E-state index contributed by atoms with van der Waals surface area (Å²) < 4.78 is 0. The van der Waals surface area contributed by atoms with Crippen LogP contribution in [0.25, 0.3) is 0 Å². The lowest BCUT2D eigenvalue weighted by Gasteiger charge is -2.32. The molecule has 0 aliphatic carbocycles. The molecule has 3 amide bonds. The first-order valence-electron chi connectivity index (χ1n) is 14.0. The highest BCUT2D eigenvalue weighted by molar-refractivity contribution is 5.94. The molecule has 5 N–H and O–H groups in total. The summed E-state index contributed by atoms with van der Waals surface area (Å²) in [6.45, 7) is 2.22. The van der Waals surface area contributed by atoms with Gasteiger partial charge < -0.3 is 26.6 Å². The van der Waals surface area contributed by atoms with E-state index in [1.54, 1.807) is 4.90 Å². The lowest BCUT2D eigenvalue weighted by atomic mass is 9.90. The third-order valence-electron chi connectivity index (χ3n) is 7.63. The molecule has 2 aromatic rings. The Morgan fingerprint density at radius 1 is 0.842 bits per heavy atom. The Balaban J connectivity index is 1.64. The van der Waals surface area contributed by atoms with Crippen molar-refractivity contribution in [1.29, 1.82) is 0 Å². The van der Waals surface area contributed by atoms with Crippen molar-refractivity contribution in [2.45, 2.75) is 69.0 Å². The number of hydrogen-bond donors (Lipinski definition) is 4. The Hall–Kier alpha value is -3.23. The van der Waals surface area contributed by atoms with Crippen molar-refractivity contribution in [3.8, 4) is 0 Å². The van der Waals surface area contributed by atoms with Crippen molar-refractivity contribution in [3.63, 3.8) is 0 Å². The summed E-state index contributed by atoms with van der Waals surface area (Å²) in [7, 11) is 0. The van der Waals surface area contributed by atoms with E-state index in [0.29, 0.717) is 45.4 Å². The standard InChI is InChI=1S/C30H41N5O3/c31-17-8-7-15-25-28(36)33-19-10-9-18-32-26(21-22-11-3-1-4-12-22)30(38)35-20-16-24(27(35)29(37)34-25)23-13-5-2-6-14-23/h1-6,11-14,24-27,32H,7-10,15-21,31H2,(H,33,36)(H,34,37)/t24-,25-,26-,27-/m0/s1. The maximum Gasteiger partial charge on any atom is 0.244 e. The topological polar surface area (TPSA) is 117 Å². The summed E-state index contributed by atoms with van der Waals surface area (Å²) in [4.78, 5) is 42.8. The summed E-state index contributed by atoms with van der Waals surface area (Å²) in [6.07, 6.45) is 4.91. The SMILES string of the molecule is NCCCC[C@@H]1NC(=O)[C@@H]2[C@H](c3ccccc3)CCN2C(=O)[C@H](Cc2ccccc2)NCCCCNC1=O. The van der Waals surface area contributed by atoms with Crippen molar-refractivity contribution in [1.82, 2.24) is 20.9 Å². The Labute approximate surface area is 225 Å². The quantitative estimate of drug-likeness (QED) is 0.418. The van der Waals surface area contributed by atoms with E-state index in [-0.39, 0.29) is 23.6 Å². The Morgan fingerprint density at radius 2 is 1.55 bits per heavy atom. The zero-order valence-corrected chi connectivity index (χ0v) is 22.1. The molecule has 8 nitrogen and oxygen atoms in total. The van der Waals surface area contributed by atoms with Gasteiger partial charge in [-0.25, -0.2) is 0 Å². The molecule has 4 rings (SSSR count). The zero-order valence-electron chi connectivity index (χ0n) is 22.1. The second kappa shape index (κ2) is 14.1. The van der Waals surface area contributed by atoms with Gasteiger partial charge in [0, 0.05) is 19.0 Å². The number of rotatable bonds is 7. The molecule has 0 unspecified atom stereocenters. The van der Waals surface area contributed by atoms with Crippen LogP contribution in [-0.2, 0) is 20.8 Å². The van der Waals surface area contributed by atoms with Crippen molar-refractivity contribution in [2.75, 3.05) is 26.2 Å². The van der Waals surface area contributed by atoms with Crippen LogP contribution in [0.4, 0.5) is 0 Å². The van der Waals surface area contributed by atoms with Crippen molar-refractivity contribution in [3.05, 3.63) is 71.8 Å². The van der Waals surface area contributed by atoms with E-state index < -0.39 is 18.1 Å². The third-order valence-corrected chi connectivity index (χ3v) is 7.63. The Bertz CT molecular complexity index is 1050. The normalized spacial score (nSPS) is 25.3. The molecule has 2 aliphatic rings. The lowest BCUT2D eigenvalue weighted by molar-refractivity contribution is -0.141. The van der Waals surface area contributed by atoms with E-state index in [9.17, 15) is 14.4 Å². The summed E-state index contributed by atoms with van der Waals surface area (Å²) >= 11 is 0. The summed E-state index contributed by atoms with van der Waals surface area (Å²) in [5.41, 5.74) is 7.78. The highest BCUT2D eigenvalue weighted by Gasteiger charge is 2.44. The smallest absolute Gasteiger partial charge is 0.244 e. The molecule has 0 spiro atoms. The van der Waals surface area contributed by atoms with Gasteiger partial charge in [-0.1, -0.05) is 60.7 Å². The van der Waals surface area contributed by atoms with Crippen LogP contribution in [0.3, 0.4) is 0 Å². The van der Waals surface area contributed by atoms with Crippen LogP contribution in [0, 0.1) is 0 Å². The molecule has 0 aromatic heterocycles. The number of carbonyl (C=O) groups is 3. The molecule has 2 fully saturated rings. The molecule has 8 heteroatoms. The number of benzene rings is 2. The number of nitrogens with one attached hydrogen (secondary N) is 3. The van der Waals surface area contributed by atoms with E-state index in [4.69, 9.17) is 5.73 Å². The molecular formula is C30H41N5O3. The predicted molar refractivity (Wildman–Crippen MR) is 148 cm³/mol. The second-order valence-corrected chi connectivity index (χ2v) is 10.3. The first-order valence-corrected chi connectivity index (χ1v) is 14.0. The maximum absolute atomic E-state index is 14.1. The minimum atomic E-state index is -0.683. The van der Waals surface area contributed by atoms with E-state index >= 15 is 0 Å². The molecule has 38 heavy (non-hydrogen) atoms. The van der Waals surface area contributed by atoms with E-state index in [2.05, 4.69) is 16.0 Å². The largest absolute Gasteiger partial charge is 0.354 e. The molecule has 4 atom stereocenters. The number of unbranched alkanes of at least 4 members (excludes halogenated alkanes) is 1. The number of fused-ring (bicyclic) bond motifs is 1. The highest BCUT2D eigenvalue weighted by Crippen LogP contribution is 2.34. The molecule has 2 saturated heterocycles. The predicted octanol–water partition coefficient (Wildman–Crippen LogP) is 2.10. The average Bonchev–Trinajstić information content (AvgIpc) is 3.39. The number of nitrogens with zero attached hydrogens (tertiary/aromatic N) is 1. The number of hydrogen-bond acceptors (Lipinski definition) is 5. The van der Waals surface area contributed by atoms with Gasteiger partial charge in [-0.2, -0.15) is 0 Å². The van der Waals surface area contributed by atoms with Gasteiger partial charge >= 0.3 is 0 Å². The van der Waals surface area contributed by atoms with Gasteiger partial charge in [0.2, 0.25) is 17.7 Å². The Kier molecular flexibility index (Phi) is 10.3. The van der Waals surface area contributed by atoms with Crippen LogP contribution >= 0.6 is 0 Å². The first-order chi connectivity index (χ1) is 18.6. The third kappa shape index (κ3) is 7.20. The van der Waals surface area contributed by atoms with Crippen molar-refractivity contribution < 1.29 is 14.4 Å². The fourth-order valence-electron chi connectivity index (χ4n) is 5.59. The van der Waals surface area contributed by atoms with Gasteiger partial charge in [0.05, 0.1) is 6.04 Å². The molecule has 2 heterocycles. The van der Waals surface area contributed by atoms with Crippen LogP contribution < -0.4 is 21.7 Å². The minimum Gasteiger partial charge on any atom is -0.354 e. The summed E-state index contributed by atoms with van der Waals surface area (Å²) in [5.74, 6) is -0.644. The van der Waals surface area contributed by atoms with Gasteiger partial charge in [0.1, 0.15) is 12.1 Å². The fourth-order valence-corrected chi connectivity index (χ4v) is 5.59.